The van der Waals surface area contributed by atoms with Crippen molar-refractivity contribution in [3.63, 3.8) is 0 Å². The van der Waals surface area contributed by atoms with Crippen LogP contribution in [0.2, 0.25) is 0 Å². The summed E-state index contributed by atoms with van der Waals surface area (Å²) in [5, 5.41) is 20.9. The first-order chi connectivity index (χ1) is 9.91. The number of nitrogens with one attached hydrogen (secondary N) is 2. The van der Waals surface area contributed by atoms with Crippen LogP contribution in [0.5, 0.6) is 0 Å². The largest absolute Gasteiger partial charge is 0.480 e. The molecule has 1 aliphatic rings. The SMILES string of the molecule is C[C@@H]1CC=N[C@H]1C(=O)NCCCC[C@H](N[N+](=O)[O-])C(=O)O. The monoisotopic (exact) mass is 300 g/mol. The quantitative estimate of drug-likeness (QED) is 0.311. The van der Waals surface area contributed by atoms with E-state index in [2.05, 4.69) is 10.3 Å². The highest BCUT2D eigenvalue weighted by atomic mass is 16.7. The molecule has 1 amide bonds. The van der Waals surface area contributed by atoms with E-state index >= 15 is 0 Å². The minimum atomic E-state index is -1.26. The van der Waals surface area contributed by atoms with Gasteiger partial charge in [-0.2, -0.15) is 0 Å². The number of carboxylic acid groups (broad SMARTS) is 1. The highest BCUT2D eigenvalue weighted by molar-refractivity contribution is 5.85. The molecule has 3 atom stereocenters. The highest BCUT2D eigenvalue weighted by Gasteiger charge is 2.26. The second kappa shape index (κ2) is 8.18. The van der Waals surface area contributed by atoms with E-state index in [1.54, 1.807) is 11.6 Å². The Labute approximate surface area is 121 Å². The van der Waals surface area contributed by atoms with Gasteiger partial charge in [0.1, 0.15) is 6.04 Å². The van der Waals surface area contributed by atoms with E-state index in [4.69, 9.17) is 5.11 Å². The van der Waals surface area contributed by atoms with E-state index in [1.165, 1.54) is 0 Å². The van der Waals surface area contributed by atoms with Gasteiger partial charge in [-0.05, 0) is 31.6 Å². The summed E-state index contributed by atoms with van der Waals surface area (Å²) in [6, 6.07) is -1.55. The summed E-state index contributed by atoms with van der Waals surface area (Å²) in [4.78, 5) is 36.9. The van der Waals surface area contributed by atoms with Crippen molar-refractivity contribution < 1.29 is 19.7 Å². The number of aliphatic carboxylic acids is 1. The molecular formula is C12H20N4O5. The van der Waals surface area contributed by atoms with Crippen LogP contribution < -0.4 is 10.7 Å². The lowest BCUT2D eigenvalue weighted by Crippen LogP contribution is -2.40. The maximum atomic E-state index is 11.8. The van der Waals surface area contributed by atoms with Crippen LogP contribution in [0.15, 0.2) is 4.99 Å². The number of carbonyl (C=O) groups is 2. The normalized spacial score (nSPS) is 21.8. The Hall–Kier alpha value is -2.19. The summed E-state index contributed by atoms with van der Waals surface area (Å²) >= 11 is 0. The molecule has 0 radical (unpaired) electrons. The van der Waals surface area contributed by atoms with Crippen LogP contribution in [0.1, 0.15) is 32.6 Å². The molecule has 0 unspecified atom stereocenters. The summed E-state index contributed by atoms with van der Waals surface area (Å²) < 4.78 is 0. The average molecular weight is 300 g/mol. The van der Waals surface area contributed by atoms with Gasteiger partial charge in [0.2, 0.25) is 5.91 Å². The van der Waals surface area contributed by atoms with Gasteiger partial charge in [-0.1, -0.05) is 6.92 Å². The predicted octanol–water partition coefficient (Wildman–Crippen LogP) is -0.0134. The lowest BCUT2D eigenvalue weighted by molar-refractivity contribution is -0.549. The standard InChI is InChI=1S/C12H20N4O5/c1-8-5-7-13-10(8)11(17)14-6-3-2-4-9(12(18)19)15-16(20)21/h7-10,15H,2-6H2,1H3,(H,14,17)(H,18,19)/t8-,9+,10-/m1/s1. The fourth-order valence-electron chi connectivity index (χ4n) is 2.10. The van der Waals surface area contributed by atoms with E-state index < -0.39 is 17.0 Å². The average Bonchev–Trinajstić information content (AvgIpc) is 2.82. The van der Waals surface area contributed by atoms with Crippen molar-refractivity contribution in [1.29, 1.82) is 0 Å². The van der Waals surface area contributed by atoms with Crippen molar-refractivity contribution >= 4 is 18.1 Å². The first-order valence-corrected chi connectivity index (χ1v) is 6.84. The molecule has 1 rings (SSSR count). The van der Waals surface area contributed by atoms with Crippen molar-refractivity contribution in [2.24, 2.45) is 10.9 Å². The van der Waals surface area contributed by atoms with Crippen LogP contribution in [0.3, 0.4) is 0 Å². The molecule has 0 saturated heterocycles. The third-order valence-corrected chi connectivity index (χ3v) is 3.33. The van der Waals surface area contributed by atoms with Crippen LogP contribution >= 0.6 is 0 Å². The summed E-state index contributed by atoms with van der Waals surface area (Å²) in [5.74, 6) is -1.19. The van der Waals surface area contributed by atoms with Gasteiger partial charge in [0, 0.05) is 12.8 Å². The van der Waals surface area contributed by atoms with E-state index in [0.717, 1.165) is 6.42 Å². The maximum absolute atomic E-state index is 11.8. The summed E-state index contributed by atoms with van der Waals surface area (Å²) in [6.07, 6.45) is 3.69. The molecule has 9 heteroatoms. The predicted molar refractivity (Wildman–Crippen MR) is 74.5 cm³/mol. The van der Waals surface area contributed by atoms with Gasteiger partial charge in [0.25, 0.3) is 0 Å². The zero-order valence-electron chi connectivity index (χ0n) is 11.8. The van der Waals surface area contributed by atoms with E-state index in [1.807, 2.05) is 6.92 Å². The Morgan fingerprint density at radius 1 is 1.52 bits per heavy atom. The van der Waals surface area contributed by atoms with E-state index in [-0.39, 0.29) is 24.3 Å². The molecule has 9 nitrogen and oxygen atoms in total. The summed E-state index contributed by atoms with van der Waals surface area (Å²) in [5.41, 5.74) is 1.75. The fourth-order valence-corrected chi connectivity index (χ4v) is 2.10. The van der Waals surface area contributed by atoms with Crippen LogP contribution in [-0.2, 0) is 9.59 Å². The van der Waals surface area contributed by atoms with Gasteiger partial charge in [0.05, 0.1) is 0 Å². The van der Waals surface area contributed by atoms with Gasteiger partial charge in [-0.15, -0.1) is 5.43 Å². The maximum Gasteiger partial charge on any atom is 0.332 e. The molecule has 118 valence electrons. The number of amides is 1. The molecule has 1 heterocycles. The Kier molecular flexibility index (Phi) is 6.57. The molecule has 0 saturated carbocycles. The van der Waals surface area contributed by atoms with Gasteiger partial charge < -0.3 is 10.4 Å². The van der Waals surface area contributed by atoms with Crippen molar-refractivity contribution in [3.8, 4) is 0 Å². The number of carboxylic acids is 1. The third-order valence-electron chi connectivity index (χ3n) is 3.33. The molecule has 0 spiro atoms. The second-order valence-electron chi connectivity index (χ2n) is 5.05. The van der Waals surface area contributed by atoms with E-state index in [0.29, 0.717) is 19.4 Å². The number of nitrogens with zero attached hydrogens (tertiary/aromatic N) is 2. The van der Waals surface area contributed by atoms with Crippen molar-refractivity contribution in [2.75, 3.05) is 6.54 Å². The molecular weight excluding hydrogens is 280 g/mol. The van der Waals surface area contributed by atoms with Crippen molar-refractivity contribution in [2.45, 2.75) is 44.7 Å². The van der Waals surface area contributed by atoms with Crippen LogP contribution in [0.25, 0.3) is 0 Å². The molecule has 3 N–H and O–H groups in total. The minimum absolute atomic E-state index is 0.129. The summed E-state index contributed by atoms with van der Waals surface area (Å²) in [7, 11) is 0. The first-order valence-electron chi connectivity index (χ1n) is 6.84. The number of hydrazine groups is 1. The number of nitro groups is 1. The van der Waals surface area contributed by atoms with Gasteiger partial charge >= 0.3 is 5.97 Å². The Morgan fingerprint density at radius 2 is 2.24 bits per heavy atom. The highest BCUT2D eigenvalue weighted by Crippen LogP contribution is 2.16. The molecule has 1 aliphatic heterocycles. The first kappa shape index (κ1) is 16.9. The lowest BCUT2D eigenvalue weighted by atomic mass is 10.0. The number of aliphatic imine (C=N–C) groups is 1. The van der Waals surface area contributed by atoms with Crippen molar-refractivity contribution in [3.05, 3.63) is 10.1 Å². The number of hydrogen-bond donors (Lipinski definition) is 3. The molecule has 0 aromatic carbocycles. The Bertz CT molecular complexity index is 426. The minimum Gasteiger partial charge on any atom is -0.480 e. The fraction of sp³-hybridized carbons (Fsp3) is 0.750. The lowest BCUT2D eigenvalue weighted by Gasteiger charge is -2.13. The Balaban J connectivity index is 2.18. The molecule has 21 heavy (non-hydrogen) atoms. The van der Waals surface area contributed by atoms with Gasteiger partial charge in [-0.25, -0.2) is 14.9 Å². The van der Waals surface area contributed by atoms with Crippen LogP contribution in [0.4, 0.5) is 0 Å². The zero-order valence-corrected chi connectivity index (χ0v) is 11.8. The molecule has 0 aromatic heterocycles. The molecule has 0 aromatic rings. The summed E-state index contributed by atoms with van der Waals surface area (Å²) in [6.45, 7) is 2.36. The topological polar surface area (TPSA) is 134 Å². The van der Waals surface area contributed by atoms with Crippen LogP contribution in [0, 0.1) is 16.0 Å². The smallest absolute Gasteiger partial charge is 0.332 e. The van der Waals surface area contributed by atoms with Crippen LogP contribution in [-0.4, -0.2) is 46.9 Å². The molecule has 0 bridgehead atoms. The number of rotatable bonds is 9. The zero-order chi connectivity index (χ0) is 15.8. The third kappa shape index (κ3) is 5.76. The second-order valence-corrected chi connectivity index (χ2v) is 5.05. The number of hydrogen-bond acceptors (Lipinski definition) is 5. The van der Waals surface area contributed by atoms with Crippen molar-refractivity contribution in [1.82, 2.24) is 10.7 Å². The molecule has 0 fully saturated rings. The van der Waals surface area contributed by atoms with Gasteiger partial charge in [-0.3, -0.25) is 9.79 Å². The molecule has 0 aliphatic carbocycles. The van der Waals surface area contributed by atoms with Gasteiger partial charge in [0.15, 0.2) is 11.1 Å². The number of carbonyl (C=O) groups excluding carboxylic acids is 1. The Morgan fingerprint density at radius 3 is 2.76 bits per heavy atom. The number of unbranched alkanes of at least 4 members (excludes halogenated alkanes) is 1. The van der Waals surface area contributed by atoms with E-state index in [9.17, 15) is 19.7 Å².